The van der Waals surface area contributed by atoms with Crippen LogP contribution in [0.4, 0.5) is 8.78 Å². The number of rotatable bonds is 2. The lowest BCUT2D eigenvalue weighted by Gasteiger charge is -2.23. The normalized spacial score (nSPS) is 34.7. The summed E-state index contributed by atoms with van der Waals surface area (Å²) in [5.74, 6) is -1.54. The van der Waals surface area contributed by atoms with Crippen molar-refractivity contribution >= 4 is 0 Å². The molecule has 8 nitrogen and oxygen atoms in total. The highest BCUT2D eigenvalue weighted by Gasteiger charge is 2.55. The van der Waals surface area contributed by atoms with Gasteiger partial charge in [-0.2, -0.15) is 9.07 Å². The summed E-state index contributed by atoms with van der Waals surface area (Å²) >= 11 is 0. The number of nitrogens with one attached hydrogen (secondary N) is 1. The quantitative estimate of drug-likeness (QED) is 0.579. The lowest BCUT2D eigenvalue weighted by Crippen LogP contribution is -2.45. The molecule has 10 heteroatoms. The SMILES string of the molecule is CC1(F)C(O)C(CO)OC1n1nc(F)c(=O)[nH]c1=O. The van der Waals surface area contributed by atoms with Gasteiger partial charge in [0.05, 0.1) is 6.61 Å². The Kier molecular flexibility index (Phi) is 3.24. The molecule has 1 aliphatic heterocycles. The van der Waals surface area contributed by atoms with Crippen molar-refractivity contribution in [2.45, 2.75) is 31.0 Å². The first kappa shape index (κ1) is 13.8. The number of aliphatic hydroxyl groups is 2. The minimum atomic E-state index is -2.49. The van der Waals surface area contributed by atoms with E-state index in [0.717, 1.165) is 6.92 Å². The summed E-state index contributed by atoms with van der Waals surface area (Å²) in [6, 6.07) is 0. The molecule has 4 atom stereocenters. The van der Waals surface area contributed by atoms with E-state index in [1.807, 2.05) is 0 Å². The van der Waals surface area contributed by atoms with E-state index in [1.165, 1.54) is 0 Å². The standard InChI is InChI=1S/C9H11F2N3O5/c1-9(11)4(16)3(2-15)19-7(9)14-8(18)12-6(17)5(10)13-14/h3-4,7,15-16H,2H2,1H3,(H,12,17,18). The van der Waals surface area contributed by atoms with E-state index in [4.69, 9.17) is 9.84 Å². The van der Waals surface area contributed by atoms with E-state index in [2.05, 4.69) is 5.10 Å². The van der Waals surface area contributed by atoms with Crippen molar-refractivity contribution in [3.8, 4) is 0 Å². The van der Waals surface area contributed by atoms with Gasteiger partial charge in [-0.1, -0.05) is 0 Å². The lowest BCUT2D eigenvalue weighted by molar-refractivity contribution is -0.0699. The van der Waals surface area contributed by atoms with Crippen LogP contribution in [0.5, 0.6) is 0 Å². The number of aromatic amines is 1. The zero-order valence-electron chi connectivity index (χ0n) is 9.71. The van der Waals surface area contributed by atoms with Crippen molar-refractivity contribution in [3.63, 3.8) is 0 Å². The molecule has 4 unspecified atom stereocenters. The Morgan fingerprint density at radius 1 is 1.58 bits per heavy atom. The fraction of sp³-hybridized carbons (Fsp3) is 0.667. The molecule has 2 heterocycles. The minimum absolute atomic E-state index is 0.246. The van der Waals surface area contributed by atoms with Crippen LogP contribution in [0, 0.1) is 5.95 Å². The monoisotopic (exact) mass is 279 g/mol. The molecule has 1 aliphatic rings. The molecule has 0 radical (unpaired) electrons. The number of H-pyrrole nitrogens is 1. The molecule has 106 valence electrons. The van der Waals surface area contributed by atoms with Crippen molar-refractivity contribution in [2.24, 2.45) is 0 Å². The van der Waals surface area contributed by atoms with Gasteiger partial charge in [-0.05, 0) is 6.92 Å². The van der Waals surface area contributed by atoms with Crippen LogP contribution in [-0.4, -0.2) is 49.5 Å². The molecule has 3 N–H and O–H groups in total. The number of nitrogens with zero attached hydrogens (tertiary/aromatic N) is 2. The Labute approximate surface area is 104 Å². The van der Waals surface area contributed by atoms with Gasteiger partial charge in [-0.3, -0.25) is 9.78 Å². The number of alkyl halides is 1. The van der Waals surface area contributed by atoms with Crippen LogP contribution in [0.2, 0.25) is 0 Å². The van der Waals surface area contributed by atoms with Crippen LogP contribution in [0.1, 0.15) is 13.2 Å². The van der Waals surface area contributed by atoms with E-state index in [-0.39, 0.29) is 4.68 Å². The molecule has 0 bridgehead atoms. The summed E-state index contributed by atoms with van der Waals surface area (Å²) in [5, 5.41) is 21.5. The second-order valence-electron chi connectivity index (χ2n) is 4.30. The Balaban J connectivity index is 2.51. The van der Waals surface area contributed by atoms with Crippen molar-refractivity contribution in [3.05, 3.63) is 26.8 Å². The predicted octanol–water partition coefficient (Wildman–Crippen LogP) is -1.95. The van der Waals surface area contributed by atoms with Gasteiger partial charge in [0.1, 0.15) is 12.2 Å². The van der Waals surface area contributed by atoms with Gasteiger partial charge in [0.2, 0.25) is 0 Å². The third-order valence-corrected chi connectivity index (χ3v) is 2.93. The number of aromatic nitrogens is 3. The van der Waals surface area contributed by atoms with E-state index in [0.29, 0.717) is 0 Å². The summed E-state index contributed by atoms with van der Waals surface area (Å²) in [7, 11) is 0. The Hall–Kier alpha value is -1.65. The number of hydrogen-bond donors (Lipinski definition) is 3. The average molecular weight is 279 g/mol. The third-order valence-electron chi connectivity index (χ3n) is 2.93. The molecular weight excluding hydrogens is 268 g/mol. The van der Waals surface area contributed by atoms with Gasteiger partial charge in [0, 0.05) is 0 Å². The highest BCUT2D eigenvalue weighted by atomic mass is 19.1. The van der Waals surface area contributed by atoms with Gasteiger partial charge < -0.3 is 14.9 Å². The van der Waals surface area contributed by atoms with E-state index in [1.54, 1.807) is 4.98 Å². The van der Waals surface area contributed by atoms with Gasteiger partial charge in [0.15, 0.2) is 11.9 Å². The van der Waals surface area contributed by atoms with E-state index < -0.39 is 47.9 Å². The lowest BCUT2D eigenvalue weighted by atomic mass is 9.99. The maximum atomic E-state index is 14.3. The number of halogens is 2. The predicted molar refractivity (Wildman–Crippen MR) is 55.6 cm³/mol. The molecule has 1 saturated heterocycles. The molecule has 0 saturated carbocycles. The van der Waals surface area contributed by atoms with Crippen LogP contribution in [0.15, 0.2) is 9.59 Å². The molecule has 0 aromatic carbocycles. The van der Waals surface area contributed by atoms with E-state index in [9.17, 15) is 23.5 Å². The van der Waals surface area contributed by atoms with Crippen molar-refractivity contribution in [1.82, 2.24) is 14.8 Å². The van der Waals surface area contributed by atoms with Crippen LogP contribution in [0.25, 0.3) is 0 Å². The second kappa shape index (κ2) is 4.47. The minimum Gasteiger partial charge on any atom is -0.394 e. The molecule has 1 aromatic rings. The van der Waals surface area contributed by atoms with Crippen LogP contribution < -0.4 is 11.2 Å². The first-order chi connectivity index (χ1) is 8.78. The topological polar surface area (TPSA) is 117 Å². The van der Waals surface area contributed by atoms with Gasteiger partial charge in [-0.15, -0.1) is 5.10 Å². The number of ether oxygens (including phenoxy) is 1. The van der Waals surface area contributed by atoms with Crippen LogP contribution >= 0.6 is 0 Å². The highest BCUT2D eigenvalue weighted by Crippen LogP contribution is 2.39. The zero-order chi connectivity index (χ0) is 14.4. The van der Waals surface area contributed by atoms with Gasteiger partial charge in [-0.25, -0.2) is 9.18 Å². The molecule has 0 amide bonds. The zero-order valence-corrected chi connectivity index (χ0v) is 9.71. The Bertz CT molecular complexity index is 598. The first-order valence-electron chi connectivity index (χ1n) is 5.31. The molecule has 0 spiro atoms. The summed E-state index contributed by atoms with van der Waals surface area (Å²) in [4.78, 5) is 23.9. The fourth-order valence-electron chi connectivity index (χ4n) is 1.87. The van der Waals surface area contributed by atoms with Crippen molar-refractivity contribution in [2.75, 3.05) is 6.61 Å². The van der Waals surface area contributed by atoms with Crippen molar-refractivity contribution < 1.29 is 23.7 Å². The Morgan fingerprint density at radius 3 is 2.74 bits per heavy atom. The summed E-state index contributed by atoms with van der Waals surface area (Å²) in [5.41, 5.74) is -5.03. The molecule has 0 aliphatic carbocycles. The Morgan fingerprint density at radius 2 is 2.21 bits per heavy atom. The molecule has 2 rings (SSSR count). The van der Waals surface area contributed by atoms with Gasteiger partial charge in [0.25, 0.3) is 5.95 Å². The first-order valence-corrected chi connectivity index (χ1v) is 5.31. The smallest absolute Gasteiger partial charge is 0.347 e. The summed E-state index contributed by atoms with van der Waals surface area (Å²) in [6.07, 6.45) is -4.78. The maximum Gasteiger partial charge on any atom is 0.347 e. The third kappa shape index (κ3) is 2.07. The van der Waals surface area contributed by atoms with Crippen LogP contribution in [0.3, 0.4) is 0 Å². The van der Waals surface area contributed by atoms with E-state index >= 15 is 0 Å². The summed E-state index contributed by atoms with van der Waals surface area (Å²) in [6.45, 7) is 0.215. The largest absolute Gasteiger partial charge is 0.394 e. The summed E-state index contributed by atoms with van der Waals surface area (Å²) < 4.78 is 32.5. The second-order valence-corrected chi connectivity index (χ2v) is 4.30. The van der Waals surface area contributed by atoms with Crippen LogP contribution in [-0.2, 0) is 4.74 Å². The van der Waals surface area contributed by atoms with Gasteiger partial charge >= 0.3 is 11.2 Å². The van der Waals surface area contributed by atoms with Crippen molar-refractivity contribution in [1.29, 1.82) is 0 Å². The highest BCUT2D eigenvalue weighted by molar-refractivity contribution is 4.99. The average Bonchev–Trinajstić information content (AvgIpc) is 2.56. The number of hydrogen-bond acceptors (Lipinski definition) is 6. The molecule has 19 heavy (non-hydrogen) atoms. The molecule has 1 aromatic heterocycles. The molecule has 1 fully saturated rings. The maximum absolute atomic E-state index is 14.3. The molecular formula is C9H11F2N3O5. The fourth-order valence-corrected chi connectivity index (χ4v) is 1.87. The number of aliphatic hydroxyl groups excluding tert-OH is 2.